The molecule has 0 aliphatic carbocycles. The van der Waals surface area contributed by atoms with E-state index in [0.717, 1.165) is 5.82 Å². The number of nitrogens with zero attached hydrogens (tertiary/aromatic N) is 3. The van der Waals surface area contributed by atoms with Crippen LogP contribution in [0.1, 0.15) is 13.3 Å². The van der Waals surface area contributed by atoms with Gasteiger partial charge in [0, 0.05) is 45.8 Å². The van der Waals surface area contributed by atoms with Crippen LogP contribution in [0, 0.1) is 0 Å². The van der Waals surface area contributed by atoms with Gasteiger partial charge in [-0.2, -0.15) is 4.31 Å². The molecular formula is C14H22N4O3S. The van der Waals surface area contributed by atoms with E-state index < -0.39 is 10.0 Å². The van der Waals surface area contributed by atoms with Crippen LogP contribution in [-0.2, 0) is 14.8 Å². The molecule has 1 aromatic rings. The molecule has 0 unspecified atom stereocenters. The monoisotopic (exact) mass is 326 g/mol. The van der Waals surface area contributed by atoms with Crippen molar-refractivity contribution in [2.45, 2.75) is 13.3 Å². The number of nitrogens with one attached hydrogen (secondary N) is 1. The van der Waals surface area contributed by atoms with Gasteiger partial charge in [0.2, 0.25) is 15.9 Å². The summed E-state index contributed by atoms with van der Waals surface area (Å²) in [5.41, 5.74) is 0. The van der Waals surface area contributed by atoms with Gasteiger partial charge in [0.05, 0.1) is 5.75 Å². The SMILES string of the molecule is CC(=O)NCCCS(=O)(=O)N1CCN(c2ccccn2)CC1. The maximum Gasteiger partial charge on any atom is 0.216 e. The number of piperazine rings is 1. The molecule has 1 amide bonds. The Morgan fingerprint density at radius 2 is 2.00 bits per heavy atom. The normalized spacial score (nSPS) is 16.5. The van der Waals surface area contributed by atoms with Crippen molar-refractivity contribution in [2.24, 2.45) is 0 Å². The highest BCUT2D eigenvalue weighted by Gasteiger charge is 2.26. The Labute approximate surface area is 131 Å². The number of sulfonamides is 1. The molecule has 2 heterocycles. The molecule has 0 radical (unpaired) electrons. The van der Waals surface area contributed by atoms with Crippen LogP contribution in [0.5, 0.6) is 0 Å². The molecule has 1 aliphatic heterocycles. The van der Waals surface area contributed by atoms with Crippen LogP contribution in [0.3, 0.4) is 0 Å². The van der Waals surface area contributed by atoms with E-state index >= 15 is 0 Å². The summed E-state index contributed by atoms with van der Waals surface area (Å²) >= 11 is 0. The van der Waals surface area contributed by atoms with E-state index in [1.165, 1.54) is 11.2 Å². The van der Waals surface area contributed by atoms with Crippen molar-refractivity contribution < 1.29 is 13.2 Å². The number of aromatic nitrogens is 1. The lowest BCUT2D eigenvalue weighted by molar-refractivity contribution is -0.118. The van der Waals surface area contributed by atoms with E-state index in [4.69, 9.17) is 0 Å². The first-order valence-corrected chi connectivity index (χ1v) is 8.98. The van der Waals surface area contributed by atoms with E-state index in [2.05, 4.69) is 15.2 Å². The number of carbonyl (C=O) groups excluding carboxylic acids is 1. The Balaban J connectivity index is 1.81. The predicted molar refractivity (Wildman–Crippen MR) is 85.1 cm³/mol. The maximum absolute atomic E-state index is 12.3. The minimum absolute atomic E-state index is 0.0663. The highest BCUT2D eigenvalue weighted by molar-refractivity contribution is 7.89. The lowest BCUT2D eigenvalue weighted by Crippen LogP contribution is -2.49. The molecule has 122 valence electrons. The highest BCUT2D eigenvalue weighted by atomic mass is 32.2. The molecule has 0 saturated carbocycles. The topological polar surface area (TPSA) is 82.6 Å². The second-order valence-corrected chi connectivity index (χ2v) is 7.32. The van der Waals surface area contributed by atoms with Crippen LogP contribution in [0.25, 0.3) is 0 Å². The predicted octanol–water partition coefficient (Wildman–Crippen LogP) is 0.0596. The Hall–Kier alpha value is -1.67. The molecule has 0 bridgehead atoms. The van der Waals surface area contributed by atoms with E-state index in [1.807, 2.05) is 18.2 Å². The first-order chi connectivity index (χ1) is 10.5. The van der Waals surface area contributed by atoms with Gasteiger partial charge in [-0.3, -0.25) is 4.79 Å². The van der Waals surface area contributed by atoms with Gasteiger partial charge in [0.1, 0.15) is 5.82 Å². The van der Waals surface area contributed by atoms with Gasteiger partial charge in [-0.05, 0) is 18.6 Å². The third-order valence-corrected chi connectivity index (χ3v) is 5.51. The number of amides is 1. The Kier molecular flexibility index (Phi) is 5.73. The van der Waals surface area contributed by atoms with E-state index in [-0.39, 0.29) is 11.7 Å². The number of pyridine rings is 1. The van der Waals surface area contributed by atoms with Gasteiger partial charge in [-0.15, -0.1) is 0 Å². The molecule has 0 atom stereocenters. The van der Waals surface area contributed by atoms with Crippen LogP contribution in [0.4, 0.5) is 5.82 Å². The quantitative estimate of drug-likeness (QED) is 0.748. The molecule has 22 heavy (non-hydrogen) atoms. The molecule has 8 heteroatoms. The summed E-state index contributed by atoms with van der Waals surface area (Å²) in [4.78, 5) is 17.1. The molecule has 1 N–H and O–H groups in total. The standard InChI is InChI=1S/C14H22N4O3S/c1-13(19)15-7-4-12-22(20,21)18-10-8-17(9-11-18)14-5-2-3-6-16-14/h2-3,5-6H,4,7-12H2,1H3,(H,15,19). The van der Waals surface area contributed by atoms with Crippen molar-refractivity contribution >= 4 is 21.7 Å². The van der Waals surface area contributed by atoms with Crippen LogP contribution >= 0.6 is 0 Å². The largest absolute Gasteiger partial charge is 0.356 e. The van der Waals surface area contributed by atoms with Crippen LogP contribution < -0.4 is 10.2 Å². The summed E-state index contributed by atoms with van der Waals surface area (Å²) in [5, 5.41) is 2.61. The van der Waals surface area contributed by atoms with Crippen molar-refractivity contribution in [1.29, 1.82) is 0 Å². The average Bonchev–Trinajstić information content (AvgIpc) is 2.52. The van der Waals surface area contributed by atoms with Crippen LogP contribution in [0.15, 0.2) is 24.4 Å². The zero-order valence-electron chi connectivity index (χ0n) is 12.7. The molecule has 1 aromatic heterocycles. The molecule has 1 fully saturated rings. The number of hydrogen-bond donors (Lipinski definition) is 1. The molecule has 1 aliphatic rings. The number of rotatable bonds is 6. The van der Waals surface area contributed by atoms with E-state index in [0.29, 0.717) is 39.1 Å². The zero-order valence-corrected chi connectivity index (χ0v) is 13.6. The Morgan fingerprint density at radius 1 is 1.27 bits per heavy atom. The second-order valence-electron chi connectivity index (χ2n) is 5.23. The molecule has 1 saturated heterocycles. The van der Waals surface area contributed by atoms with Crippen molar-refractivity contribution in [3.63, 3.8) is 0 Å². The van der Waals surface area contributed by atoms with Gasteiger partial charge < -0.3 is 10.2 Å². The summed E-state index contributed by atoms with van der Waals surface area (Å²) < 4.78 is 26.0. The Morgan fingerprint density at radius 3 is 2.59 bits per heavy atom. The fourth-order valence-corrected chi connectivity index (χ4v) is 3.87. The summed E-state index contributed by atoms with van der Waals surface area (Å²) in [6.45, 7) is 4.04. The van der Waals surface area contributed by atoms with Crippen LogP contribution in [0.2, 0.25) is 0 Å². The smallest absolute Gasteiger partial charge is 0.216 e. The first-order valence-electron chi connectivity index (χ1n) is 7.37. The van der Waals surface area contributed by atoms with Crippen LogP contribution in [-0.4, -0.2) is 62.1 Å². The highest BCUT2D eigenvalue weighted by Crippen LogP contribution is 2.15. The molecule has 0 aromatic carbocycles. The minimum Gasteiger partial charge on any atom is -0.356 e. The van der Waals surface area contributed by atoms with Gasteiger partial charge in [-0.25, -0.2) is 13.4 Å². The zero-order chi connectivity index (χ0) is 16.0. The summed E-state index contributed by atoms with van der Waals surface area (Å²) in [7, 11) is -3.25. The van der Waals surface area contributed by atoms with Crippen molar-refractivity contribution in [3.8, 4) is 0 Å². The molecule has 0 spiro atoms. The minimum atomic E-state index is -3.25. The van der Waals surface area contributed by atoms with Crippen molar-refractivity contribution in [3.05, 3.63) is 24.4 Å². The van der Waals surface area contributed by atoms with E-state index in [9.17, 15) is 13.2 Å². The second kappa shape index (κ2) is 7.55. The molecule has 2 rings (SSSR count). The van der Waals surface area contributed by atoms with Gasteiger partial charge in [0.25, 0.3) is 0 Å². The van der Waals surface area contributed by atoms with Gasteiger partial charge in [0.15, 0.2) is 0 Å². The Bertz CT molecular complexity index is 583. The third-order valence-electron chi connectivity index (χ3n) is 3.56. The van der Waals surface area contributed by atoms with Gasteiger partial charge in [-0.1, -0.05) is 6.07 Å². The number of carbonyl (C=O) groups is 1. The maximum atomic E-state index is 12.3. The fraction of sp³-hybridized carbons (Fsp3) is 0.571. The molecular weight excluding hydrogens is 304 g/mol. The van der Waals surface area contributed by atoms with E-state index in [1.54, 1.807) is 6.20 Å². The lowest BCUT2D eigenvalue weighted by Gasteiger charge is -2.34. The number of anilines is 1. The average molecular weight is 326 g/mol. The summed E-state index contributed by atoms with van der Waals surface area (Å²) in [6.07, 6.45) is 2.17. The van der Waals surface area contributed by atoms with Gasteiger partial charge >= 0.3 is 0 Å². The third kappa shape index (κ3) is 4.67. The number of hydrogen-bond acceptors (Lipinski definition) is 5. The summed E-state index contributed by atoms with van der Waals surface area (Å²) in [6, 6.07) is 5.71. The lowest BCUT2D eigenvalue weighted by atomic mass is 10.3. The fourth-order valence-electron chi connectivity index (χ4n) is 2.38. The summed E-state index contributed by atoms with van der Waals surface area (Å²) in [5.74, 6) is 0.809. The first kappa shape index (κ1) is 16.7. The van der Waals surface area contributed by atoms with Crippen molar-refractivity contribution in [1.82, 2.24) is 14.6 Å². The van der Waals surface area contributed by atoms with Crippen molar-refractivity contribution in [2.75, 3.05) is 43.4 Å². The molecule has 7 nitrogen and oxygen atoms in total.